The molecule has 2 aliphatic heterocycles. The topological polar surface area (TPSA) is 130 Å². The second kappa shape index (κ2) is 11.2. The molecule has 0 radical (unpaired) electrons. The van der Waals surface area contributed by atoms with E-state index in [0.717, 1.165) is 11.1 Å². The van der Waals surface area contributed by atoms with E-state index in [9.17, 15) is 24.3 Å². The van der Waals surface area contributed by atoms with E-state index in [2.05, 4.69) is 4.98 Å². The summed E-state index contributed by atoms with van der Waals surface area (Å²) in [5.41, 5.74) is 3.28. The minimum Gasteiger partial charge on any atom is -0.508 e. The molecule has 2 saturated heterocycles. The zero-order valence-electron chi connectivity index (χ0n) is 27.9. The maximum Gasteiger partial charge on any atom is 0.241 e. The molecule has 6 unspecified atom stereocenters. The molecule has 4 aliphatic rings. The first kappa shape index (κ1) is 31.0. The van der Waals surface area contributed by atoms with Gasteiger partial charge in [0.05, 0.1) is 41.7 Å². The molecular formula is C41H33N3O7. The van der Waals surface area contributed by atoms with Gasteiger partial charge in [0.2, 0.25) is 29.5 Å². The van der Waals surface area contributed by atoms with Crippen molar-refractivity contribution in [2.75, 3.05) is 16.9 Å². The number of para-hydroxylation sites is 3. The summed E-state index contributed by atoms with van der Waals surface area (Å²) in [6.45, 7) is 1.83. The molecule has 51 heavy (non-hydrogen) atoms. The zero-order valence-corrected chi connectivity index (χ0v) is 27.9. The van der Waals surface area contributed by atoms with Crippen LogP contribution in [0.4, 0.5) is 11.4 Å². The largest absolute Gasteiger partial charge is 0.508 e. The first-order valence-electron chi connectivity index (χ1n) is 17.0. The van der Waals surface area contributed by atoms with E-state index in [1.54, 1.807) is 60.7 Å². The summed E-state index contributed by atoms with van der Waals surface area (Å²) in [6.07, 6.45) is 2.54. The molecule has 10 heteroatoms. The number of methoxy groups -OCH3 is 1. The van der Waals surface area contributed by atoms with Crippen LogP contribution in [0.15, 0.2) is 113 Å². The highest BCUT2D eigenvalue weighted by Crippen LogP contribution is 2.64. The van der Waals surface area contributed by atoms with Crippen molar-refractivity contribution in [3.8, 4) is 23.0 Å². The zero-order chi connectivity index (χ0) is 35.2. The van der Waals surface area contributed by atoms with E-state index < -0.39 is 35.0 Å². The molecule has 6 atom stereocenters. The Labute approximate surface area is 292 Å². The normalized spacial score (nSPS) is 27.0. The molecule has 4 aromatic carbocycles. The van der Waals surface area contributed by atoms with E-state index in [1.807, 2.05) is 43.3 Å². The van der Waals surface area contributed by atoms with Crippen LogP contribution in [0, 0.1) is 29.1 Å². The van der Waals surface area contributed by atoms with Crippen molar-refractivity contribution in [1.82, 2.24) is 4.98 Å². The van der Waals surface area contributed by atoms with E-state index in [-0.39, 0.29) is 35.8 Å². The lowest BCUT2D eigenvalue weighted by atomic mass is 9.51. The standard InChI is InChI=1S/C41H33N3O7/c1-41-30(38(47)44(40(41)49)23-8-4-3-5-9-23)21-29-26(35(41)27-17-16-25(45)20-33(27)50-2)18-19-28-34(29)39(48)43(37(28)46)24-14-12-22(13-15-24)36-42-31-10-6-7-11-32(31)51-36/h3-18,20,28-30,34-35,45H,19,21H2,1-2H3. The minimum absolute atomic E-state index is 0.00332. The maximum atomic E-state index is 14.6. The third-order valence-electron chi connectivity index (χ3n) is 11.5. The van der Waals surface area contributed by atoms with Crippen molar-refractivity contribution >= 4 is 46.1 Å². The molecule has 3 heterocycles. The monoisotopic (exact) mass is 679 g/mol. The SMILES string of the molecule is COc1cc(O)ccc1C1C2=CCC3C(=O)N(c4ccc(-c5nc6ccccc6o5)cc4)C(=O)C3C2CC2C(=O)N(c3ccccc3)C(=O)C21C. The molecule has 9 rings (SSSR count). The number of ether oxygens (including phenoxy) is 1. The number of allylic oxidation sites excluding steroid dienone is 2. The lowest BCUT2D eigenvalue weighted by Crippen LogP contribution is -2.49. The lowest BCUT2D eigenvalue weighted by molar-refractivity contribution is -0.131. The van der Waals surface area contributed by atoms with Crippen molar-refractivity contribution in [2.24, 2.45) is 29.1 Å². The van der Waals surface area contributed by atoms with Gasteiger partial charge in [-0.05, 0) is 80.3 Å². The van der Waals surface area contributed by atoms with Crippen molar-refractivity contribution in [1.29, 1.82) is 0 Å². The van der Waals surface area contributed by atoms with Crippen molar-refractivity contribution in [2.45, 2.75) is 25.7 Å². The first-order chi connectivity index (χ1) is 24.7. The molecule has 1 N–H and O–H groups in total. The number of hydrogen-bond acceptors (Lipinski definition) is 8. The molecule has 10 nitrogen and oxygen atoms in total. The number of rotatable bonds is 5. The number of hydrogen-bond donors (Lipinski definition) is 1. The average Bonchev–Trinajstić information content (AvgIpc) is 3.75. The highest BCUT2D eigenvalue weighted by molar-refractivity contribution is 6.25. The molecule has 4 amide bonds. The number of benzene rings is 4. The Morgan fingerprint density at radius 2 is 1.55 bits per heavy atom. The molecule has 2 aliphatic carbocycles. The number of carbonyl (C=O) groups is 4. The molecule has 1 aromatic heterocycles. The Morgan fingerprint density at radius 1 is 0.824 bits per heavy atom. The number of phenolic OH excluding ortho intramolecular Hbond substituents is 1. The van der Waals surface area contributed by atoms with Gasteiger partial charge in [-0.15, -0.1) is 0 Å². The Morgan fingerprint density at radius 3 is 2.29 bits per heavy atom. The van der Waals surface area contributed by atoms with Gasteiger partial charge in [0.15, 0.2) is 5.58 Å². The Kier molecular flexibility index (Phi) is 6.83. The van der Waals surface area contributed by atoms with Crippen LogP contribution in [0.2, 0.25) is 0 Å². The molecule has 1 saturated carbocycles. The second-order valence-corrected chi connectivity index (χ2v) is 14.0. The number of phenols is 1. The first-order valence-corrected chi connectivity index (χ1v) is 17.0. The van der Waals surface area contributed by atoms with E-state index >= 15 is 0 Å². The van der Waals surface area contributed by atoms with Gasteiger partial charge in [0, 0.05) is 23.1 Å². The number of amides is 4. The second-order valence-electron chi connectivity index (χ2n) is 14.0. The van der Waals surface area contributed by atoms with Gasteiger partial charge in [-0.3, -0.25) is 24.1 Å². The summed E-state index contributed by atoms with van der Waals surface area (Å²) < 4.78 is 11.7. The van der Waals surface area contributed by atoms with Crippen molar-refractivity contribution in [3.63, 3.8) is 0 Å². The number of anilines is 2. The number of nitrogens with zero attached hydrogens (tertiary/aromatic N) is 3. The lowest BCUT2D eigenvalue weighted by Gasteiger charge is -2.49. The van der Waals surface area contributed by atoms with Crippen LogP contribution < -0.4 is 14.5 Å². The van der Waals surface area contributed by atoms with Crippen LogP contribution in [0.1, 0.15) is 31.2 Å². The smallest absolute Gasteiger partial charge is 0.241 e. The van der Waals surface area contributed by atoms with Gasteiger partial charge >= 0.3 is 0 Å². The Hall–Kier alpha value is -6.03. The quantitative estimate of drug-likeness (QED) is 0.162. The molecule has 5 aromatic rings. The van der Waals surface area contributed by atoms with Gasteiger partial charge in [-0.1, -0.05) is 48.0 Å². The van der Waals surface area contributed by atoms with Gasteiger partial charge in [-0.25, -0.2) is 9.88 Å². The van der Waals surface area contributed by atoms with Gasteiger partial charge in [0.25, 0.3) is 0 Å². The predicted octanol–water partition coefficient (Wildman–Crippen LogP) is 6.64. The third-order valence-corrected chi connectivity index (χ3v) is 11.5. The van der Waals surface area contributed by atoms with Crippen molar-refractivity contribution < 1.29 is 33.4 Å². The van der Waals surface area contributed by atoms with Crippen LogP contribution in [-0.2, 0) is 19.2 Å². The number of carbonyl (C=O) groups excluding carboxylic acids is 4. The average molecular weight is 680 g/mol. The summed E-state index contributed by atoms with van der Waals surface area (Å²) in [6, 6.07) is 28.1. The highest BCUT2D eigenvalue weighted by Gasteiger charge is 2.68. The molecule has 3 fully saturated rings. The number of imide groups is 2. The summed E-state index contributed by atoms with van der Waals surface area (Å²) in [5.74, 6) is -3.74. The fourth-order valence-corrected chi connectivity index (χ4v) is 9.12. The van der Waals surface area contributed by atoms with Crippen LogP contribution >= 0.6 is 0 Å². The van der Waals surface area contributed by atoms with Gasteiger partial charge in [0.1, 0.15) is 17.0 Å². The summed E-state index contributed by atoms with van der Waals surface area (Å²) in [7, 11) is 1.49. The van der Waals surface area contributed by atoms with Crippen LogP contribution in [0.5, 0.6) is 11.5 Å². The van der Waals surface area contributed by atoms with Crippen LogP contribution in [0.3, 0.4) is 0 Å². The number of aromatic nitrogens is 1. The summed E-state index contributed by atoms with van der Waals surface area (Å²) >= 11 is 0. The van der Waals surface area contributed by atoms with Crippen molar-refractivity contribution in [3.05, 3.63) is 114 Å². The maximum absolute atomic E-state index is 14.6. The fraction of sp³-hybridized carbons (Fsp3) is 0.244. The van der Waals surface area contributed by atoms with E-state index in [1.165, 1.54) is 23.0 Å². The number of oxazole rings is 1. The van der Waals surface area contributed by atoms with Crippen LogP contribution in [-0.4, -0.2) is 40.8 Å². The predicted molar refractivity (Wildman–Crippen MR) is 188 cm³/mol. The van der Waals surface area contributed by atoms with E-state index in [4.69, 9.17) is 9.15 Å². The summed E-state index contributed by atoms with van der Waals surface area (Å²) in [5, 5.41) is 10.4. The molecule has 0 spiro atoms. The molecular weight excluding hydrogens is 646 g/mol. The van der Waals surface area contributed by atoms with Crippen LogP contribution in [0.25, 0.3) is 22.6 Å². The Balaban J connectivity index is 1.11. The van der Waals surface area contributed by atoms with E-state index in [0.29, 0.717) is 46.1 Å². The molecule has 254 valence electrons. The molecule has 0 bridgehead atoms. The minimum atomic E-state index is -1.22. The summed E-state index contributed by atoms with van der Waals surface area (Å²) in [4.78, 5) is 64.7. The van der Waals surface area contributed by atoms with Gasteiger partial charge < -0.3 is 14.3 Å². The Bertz CT molecular complexity index is 2280. The fourth-order valence-electron chi connectivity index (χ4n) is 9.12. The van der Waals surface area contributed by atoms with Gasteiger partial charge in [-0.2, -0.15) is 0 Å². The number of aromatic hydroxyl groups is 1. The highest BCUT2D eigenvalue weighted by atomic mass is 16.5. The third kappa shape index (κ3) is 4.38. The number of fused-ring (bicyclic) bond motifs is 5.